The predicted molar refractivity (Wildman–Crippen MR) is 89.9 cm³/mol. The minimum absolute atomic E-state index is 1.00. The minimum Gasteiger partial charge on any atom is -0.0651 e. The van der Waals surface area contributed by atoms with Crippen LogP contribution in [0.5, 0.6) is 0 Å². The van der Waals surface area contributed by atoms with Crippen molar-refractivity contribution < 1.29 is 0 Å². The zero-order valence-electron chi connectivity index (χ0n) is 14.2. The molecule has 118 valence electrons. The second-order valence-corrected chi connectivity index (χ2v) is 8.06. The van der Waals surface area contributed by atoms with Gasteiger partial charge in [-0.25, -0.2) is 0 Å². The monoisotopic (exact) mass is 278 g/mol. The van der Waals surface area contributed by atoms with Crippen molar-refractivity contribution >= 4 is 0 Å². The van der Waals surface area contributed by atoms with E-state index in [-0.39, 0.29) is 0 Å². The zero-order valence-corrected chi connectivity index (χ0v) is 14.2. The van der Waals surface area contributed by atoms with Gasteiger partial charge < -0.3 is 0 Å². The van der Waals surface area contributed by atoms with Crippen molar-refractivity contribution in [2.24, 2.45) is 23.7 Å². The summed E-state index contributed by atoms with van der Waals surface area (Å²) >= 11 is 0. The van der Waals surface area contributed by atoms with Crippen molar-refractivity contribution in [2.45, 2.75) is 104 Å². The van der Waals surface area contributed by atoms with E-state index in [2.05, 4.69) is 13.8 Å². The van der Waals surface area contributed by atoms with Gasteiger partial charge in [0.25, 0.3) is 0 Å². The zero-order chi connectivity index (χ0) is 14.2. The Bertz CT molecular complexity index is 244. The lowest BCUT2D eigenvalue weighted by Gasteiger charge is -2.24. The molecule has 0 heterocycles. The summed E-state index contributed by atoms with van der Waals surface area (Å²) in [6, 6.07) is 0. The van der Waals surface area contributed by atoms with Gasteiger partial charge in [-0.05, 0) is 23.7 Å². The molecule has 0 aliphatic heterocycles. The molecular formula is C20H38. The van der Waals surface area contributed by atoms with E-state index in [0.717, 1.165) is 23.7 Å². The second kappa shape index (κ2) is 9.11. The van der Waals surface area contributed by atoms with Crippen LogP contribution in [0.1, 0.15) is 104 Å². The highest BCUT2D eigenvalue weighted by molar-refractivity contribution is 4.73. The van der Waals surface area contributed by atoms with E-state index >= 15 is 0 Å². The van der Waals surface area contributed by atoms with Crippen molar-refractivity contribution in [1.29, 1.82) is 0 Å². The summed E-state index contributed by atoms with van der Waals surface area (Å²) in [4.78, 5) is 0. The Morgan fingerprint density at radius 2 is 1.15 bits per heavy atom. The summed E-state index contributed by atoms with van der Waals surface area (Å²) in [5.74, 6) is 4.21. The fraction of sp³-hybridized carbons (Fsp3) is 1.00. The molecule has 0 bridgehead atoms. The lowest BCUT2D eigenvalue weighted by Crippen LogP contribution is -2.10. The Morgan fingerprint density at radius 1 is 0.600 bits per heavy atom. The van der Waals surface area contributed by atoms with E-state index in [4.69, 9.17) is 0 Å². The first-order valence-corrected chi connectivity index (χ1v) is 9.78. The van der Waals surface area contributed by atoms with E-state index in [0.29, 0.717) is 0 Å². The molecule has 0 aromatic carbocycles. The number of hydrogen-bond acceptors (Lipinski definition) is 0. The largest absolute Gasteiger partial charge is 0.0651 e. The molecule has 0 aromatic rings. The summed E-state index contributed by atoms with van der Waals surface area (Å²) in [7, 11) is 0. The molecule has 0 N–H and O–H groups in total. The summed E-state index contributed by atoms with van der Waals surface area (Å²) in [6.07, 6.45) is 21.3. The second-order valence-electron chi connectivity index (χ2n) is 8.06. The SMILES string of the molecule is CCC1CCCC(CCC2CCCCC(C)CC2)CC1. The van der Waals surface area contributed by atoms with Gasteiger partial charge >= 0.3 is 0 Å². The number of rotatable bonds is 4. The van der Waals surface area contributed by atoms with Crippen LogP contribution in [0.4, 0.5) is 0 Å². The first kappa shape index (κ1) is 16.4. The van der Waals surface area contributed by atoms with E-state index in [1.807, 2.05) is 0 Å². The third-order valence-corrected chi connectivity index (χ3v) is 6.40. The molecule has 4 unspecified atom stereocenters. The highest BCUT2D eigenvalue weighted by atomic mass is 14.3. The fourth-order valence-corrected chi connectivity index (χ4v) is 4.65. The van der Waals surface area contributed by atoms with Crippen LogP contribution >= 0.6 is 0 Å². The van der Waals surface area contributed by atoms with Gasteiger partial charge in [-0.15, -0.1) is 0 Å². The lowest BCUT2D eigenvalue weighted by molar-refractivity contribution is 0.284. The maximum atomic E-state index is 2.47. The Hall–Kier alpha value is 0. The molecule has 2 aliphatic carbocycles. The number of hydrogen-bond donors (Lipinski definition) is 0. The molecule has 0 radical (unpaired) electrons. The van der Waals surface area contributed by atoms with Crippen molar-refractivity contribution in [3.8, 4) is 0 Å². The average Bonchev–Trinajstić information content (AvgIpc) is 2.68. The van der Waals surface area contributed by atoms with Crippen LogP contribution in [0, 0.1) is 23.7 Å². The lowest BCUT2D eigenvalue weighted by atomic mass is 9.82. The Morgan fingerprint density at radius 3 is 1.90 bits per heavy atom. The topological polar surface area (TPSA) is 0 Å². The van der Waals surface area contributed by atoms with Gasteiger partial charge in [-0.2, -0.15) is 0 Å². The van der Waals surface area contributed by atoms with Crippen LogP contribution < -0.4 is 0 Å². The highest BCUT2D eigenvalue weighted by Gasteiger charge is 2.20. The van der Waals surface area contributed by atoms with E-state index < -0.39 is 0 Å². The van der Waals surface area contributed by atoms with Crippen molar-refractivity contribution in [3.05, 3.63) is 0 Å². The molecule has 2 saturated carbocycles. The molecule has 20 heavy (non-hydrogen) atoms. The van der Waals surface area contributed by atoms with Crippen LogP contribution in [0.15, 0.2) is 0 Å². The molecule has 0 amide bonds. The molecule has 0 nitrogen and oxygen atoms in total. The minimum atomic E-state index is 1.00. The van der Waals surface area contributed by atoms with Gasteiger partial charge in [0.05, 0.1) is 0 Å². The average molecular weight is 279 g/mol. The van der Waals surface area contributed by atoms with Gasteiger partial charge in [0.1, 0.15) is 0 Å². The van der Waals surface area contributed by atoms with Gasteiger partial charge in [-0.1, -0.05) is 104 Å². The first-order valence-electron chi connectivity index (χ1n) is 9.78. The van der Waals surface area contributed by atoms with E-state index in [1.165, 1.54) is 64.2 Å². The standard InChI is InChI=1S/C20H38/c1-3-18-9-6-10-20(14-13-18)16-15-19-8-5-4-7-17(2)11-12-19/h17-20H,3-16H2,1-2H3. The summed E-state index contributed by atoms with van der Waals surface area (Å²) in [5.41, 5.74) is 0. The molecule has 0 saturated heterocycles. The van der Waals surface area contributed by atoms with Gasteiger partial charge in [0.2, 0.25) is 0 Å². The molecule has 0 aromatic heterocycles. The summed E-state index contributed by atoms with van der Waals surface area (Å²) in [5, 5.41) is 0. The van der Waals surface area contributed by atoms with Crippen molar-refractivity contribution in [2.75, 3.05) is 0 Å². The van der Waals surface area contributed by atoms with Crippen LogP contribution in [0.25, 0.3) is 0 Å². The van der Waals surface area contributed by atoms with Gasteiger partial charge in [-0.3, -0.25) is 0 Å². The fourth-order valence-electron chi connectivity index (χ4n) is 4.65. The summed E-state index contributed by atoms with van der Waals surface area (Å²) in [6.45, 7) is 4.86. The third-order valence-electron chi connectivity index (χ3n) is 6.40. The molecule has 4 atom stereocenters. The molecule has 2 aliphatic rings. The van der Waals surface area contributed by atoms with E-state index in [1.54, 1.807) is 25.7 Å². The quantitative estimate of drug-likeness (QED) is 0.487. The molecule has 0 spiro atoms. The Kier molecular flexibility index (Phi) is 7.45. The maximum Gasteiger partial charge on any atom is -0.0414 e. The van der Waals surface area contributed by atoms with Crippen molar-refractivity contribution in [3.63, 3.8) is 0 Å². The van der Waals surface area contributed by atoms with Crippen LogP contribution in [0.3, 0.4) is 0 Å². The highest BCUT2D eigenvalue weighted by Crippen LogP contribution is 2.34. The summed E-state index contributed by atoms with van der Waals surface area (Å²) < 4.78 is 0. The molecular weight excluding hydrogens is 240 g/mol. The molecule has 2 rings (SSSR count). The Balaban J connectivity index is 1.68. The van der Waals surface area contributed by atoms with Gasteiger partial charge in [0.15, 0.2) is 0 Å². The van der Waals surface area contributed by atoms with Crippen LogP contribution in [-0.4, -0.2) is 0 Å². The van der Waals surface area contributed by atoms with Crippen molar-refractivity contribution in [1.82, 2.24) is 0 Å². The van der Waals surface area contributed by atoms with Gasteiger partial charge in [0, 0.05) is 0 Å². The van der Waals surface area contributed by atoms with Crippen LogP contribution in [0.2, 0.25) is 0 Å². The maximum absolute atomic E-state index is 2.47. The molecule has 0 heteroatoms. The molecule has 2 fully saturated rings. The Labute approximate surface area is 128 Å². The van der Waals surface area contributed by atoms with E-state index in [9.17, 15) is 0 Å². The van der Waals surface area contributed by atoms with Crippen LogP contribution in [-0.2, 0) is 0 Å². The predicted octanol–water partition coefficient (Wildman–Crippen LogP) is 6.98. The smallest absolute Gasteiger partial charge is 0.0414 e. The third kappa shape index (κ3) is 5.78. The normalized spacial score (nSPS) is 36.9. The first-order chi connectivity index (χ1) is 9.78.